The van der Waals surface area contributed by atoms with E-state index in [4.69, 9.17) is 11.6 Å². The van der Waals surface area contributed by atoms with E-state index in [2.05, 4.69) is 5.10 Å². The van der Waals surface area contributed by atoms with Crippen LogP contribution in [0.4, 0.5) is 13.2 Å². The molecule has 8 heteroatoms. The molecule has 1 amide bonds. The summed E-state index contributed by atoms with van der Waals surface area (Å²) in [6.45, 7) is 2.09. The molecule has 0 aliphatic carbocycles. The van der Waals surface area contributed by atoms with Crippen molar-refractivity contribution in [2.24, 2.45) is 7.05 Å². The summed E-state index contributed by atoms with van der Waals surface area (Å²) in [5.41, 5.74) is 2.23. The Morgan fingerprint density at radius 2 is 1.86 bits per heavy atom. The van der Waals surface area contributed by atoms with Crippen LogP contribution in [0, 0.1) is 17.5 Å². The highest BCUT2D eigenvalue weighted by Gasteiger charge is 2.35. The number of hydrogen-bond donors (Lipinski definition) is 0. The number of hydrogen-bond acceptors (Lipinski definition) is 2. The van der Waals surface area contributed by atoms with Gasteiger partial charge in [0.15, 0.2) is 0 Å². The molecule has 0 radical (unpaired) electrons. The molecule has 0 saturated carbocycles. The molecular formula is C21H17ClF3N3O. The van der Waals surface area contributed by atoms with Crippen molar-refractivity contribution in [3.63, 3.8) is 0 Å². The first kappa shape index (κ1) is 19.5. The summed E-state index contributed by atoms with van der Waals surface area (Å²) in [7, 11) is 1.68. The SMILES string of the molecule is CC1c2nn(C)c(-c3cc(F)cc(F)c3)c2CCN1C(=O)c1c(F)cccc1Cl. The molecule has 150 valence electrons. The van der Waals surface area contributed by atoms with Gasteiger partial charge in [-0.2, -0.15) is 5.10 Å². The summed E-state index contributed by atoms with van der Waals surface area (Å²) in [4.78, 5) is 14.5. The van der Waals surface area contributed by atoms with E-state index in [-0.39, 0.29) is 10.6 Å². The number of rotatable bonds is 2. The van der Waals surface area contributed by atoms with Gasteiger partial charge in [-0.1, -0.05) is 17.7 Å². The summed E-state index contributed by atoms with van der Waals surface area (Å²) in [6.07, 6.45) is 0.415. The molecule has 3 aromatic rings. The van der Waals surface area contributed by atoms with Crippen LogP contribution >= 0.6 is 11.6 Å². The van der Waals surface area contributed by atoms with E-state index in [0.29, 0.717) is 29.9 Å². The third kappa shape index (κ3) is 3.29. The lowest BCUT2D eigenvalue weighted by molar-refractivity contribution is 0.0669. The van der Waals surface area contributed by atoms with E-state index < -0.39 is 29.4 Å². The highest BCUT2D eigenvalue weighted by Crippen LogP contribution is 2.37. The monoisotopic (exact) mass is 419 g/mol. The predicted molar refractivity (Wildman–Crippen MR) is 103 cm³/mol. The number of carbonyl (C=O) groups excluding carboxylic acids is 1. The van der Waals surface area contributed by atoms with Crippen molar-refractivity contribution in [1.82, 2.24) is 14.7 Å². The zero-order valence-electron chi connectivity index (χ0n) is 15.7. The van der Waals surface area contributed by atoms with Gasteiger partial charge in [-0.3, -0.25) is 9.48 Å². The number of benzene rings is 2. The first-order chi connectivity index (χ1) is 13.8. The van der Waals surface area contributed by atoms with E-state index in [0.717, 1.165) is 11.6 Å². The van der Waals surface area contributed by atoms with Gasteiger partial charge in [0.1, 0.15) is 17.5 Å². The molecule has 0 bridgehead atoms. The van der Waals surface area contributed by atoms with Crippen molar-refractivity contribution in [1.29, 1.82) is 0 Å². The Hall–Kier alpha value is -2.80. The number of carbonyl (C=O) groups is 1. The number of amides is 1. The lowest BCUT2D eigenvalue weighted by Gasteiger charge is -2.33. The van der Waals surface area contributed by atoms with Crippen molar-refractivity contribution in [2.75, 3.05) is 6.54 Å². The summed E-state index contributed by atoms with van der Waals surface area (Å²) >= 11 is 6.05. The molecule has 4 rings (SSSR count). The molecular weight excluding hydrogens is 403 g/mol. The topological polar surface area (TPSA) is 38.1 Å². The molecule has 1 atom stereocenters. The molecule has 29 heavy (non-hydrogen) atoms. The maximum absolute atomic E-state index is 14.2. The van der Waals surface area contributed by atoms with Crippen LogP contribution in [-0.2, 0) is 13.5 Å². The van der Waals surface area contributed by atoms with Gasteiger partial charge in [0, 0.05) is 30.8 Å². The third-order valence-corrected chi connectivity index (χ3v) is 5.53. The third-order valence-electron chi connectivity index (χ3n) is 5.22. The number of nitrogens with zero attached hydrogens (tertiary/aromatic N) is 3. The molecule has 1 unspecified atom stereocenters. The summed E-state index contributed by atoms with van der Waals surface area (Å²) in [5.74, 6) is -2.55. The van der Waals surface area contributed by atoms with E-state index in [1.807, 2.05) is 0 Å². The van der Waals surface area contributed by atoms with E-state index in [9.17, 15) is 18.0 Å². The van der Waals surface area contributed by atoms with Crippen LogP contribution in [0.15, 0.2) is 36.4 Å². The molecule has 2 aromatic carbocycles. The minimum Gasteiger partial charge on any atom is -0.330 e. The van der Waals surface area contributed by atoms with Gasteiger partial charge >= 0.3 is 0 Å². The Labute approximate surface area is 170 Å². The van der Waals surface area contributed by atoms with Gasteiger partial charge in [-0.25, -0.2) is 13.2 Å². The highest BCUT2D eigenvalue weighted by molar-refractivity contribution is 6.33. The second-order valence-corrected chi connectivity index (χ2v) is 7.42. The molecule has 0 fully saturated rings. The second kappa shape index (κ2) is 7.22. The zero-order valence-corrected chi connectivity index (χ0v) is 16.5. The Morgan fingerprint density at radius 1 is 1.17 bits per heavy atom. The molecule has 0 N–H and O–H groups in total. The van der Waals surface area contributed by atoms with Crippen LogP contribution in [0.2, 0.25) is 5.02 Å². The lowest BCUT2D eigenvalue weighted by atomic mass is 9.95. The van der Waals surface area contributed by atoms with Gasteiger partial charge < -0.3 is 4.90 Å². The van der Waals surface area contributed by atoms with Crippen LogP contribution < -0.4 is 0 Å². The van der Waals surface area contributed by atoms with Crippen molar-refractivity contribution in [2.45, 2.75) is 19.4 Å². The largest absolute Gasteiger partial charge is 0.330 e. The Bertz CT molecular complexity index is 1090. The normalized spacial score (nSPS) is 16.1. The van der Waals surface area contributed by atoms with E-state index in [1.165, 1.54) is 35.2 Å². The fraction of sp³-hybridized carbons (Fsp3) is 0.238. The Morgan fingerprint density at radius 3 is 2.52 bits per heavy atom. The molecule has 2 heterocycles. The average Bonchev–Trinajstić information content (AvgIpc) is 2.98. The summed E-state index contributed by atoms with van der Waals surface area (Å²) in [5, 5.41) is 4.54. The fourth-order valence-corrected chi connectivity index (χ4v) is 4.16. The quantitative estimate of drug-likeness (QED) is 0.591. The highest BCUT2D eigenvalue weighted by atomic mass is 35.5. The number of halogens is 4. The van der Waals surface area contributed by atoms with Crippen LogP contribution in [-0.4, -0.2) is 27.1 Å². The van der Waals surface area contributed by atoms with Crippen molar-refractivity contribution in [3.8, 4) is 11.3 Å². The fourth-order valence-electron chi connectivity index (χ4n) is 3.92. The molecule has 1 aliphatic rings. The molecule has 0 spiro atoms. The van der Waals surface area contributed by atoms with Gasteiger partial charge in [0.2, 0.25) is 0 Å². The van der Waals surface area contributed by atoms with Crippen molar-refractivity contribution >= 4 is 17.5 Å². The van der Waals surface area contributed by atoms with Gasteiger partial charge in [-0.05, 0) is 37.6 Å². The van der Waals surface area contributed by atoms with Gasteiger partial charge in [0.25, 0.3) is 5.91 Å². The summed E-state index contributed by atoms with van der Waals surface area (Å²) in [6, 6.07) is 6.96. The van der Waals surface area contributed by atoms with Crippen LogP contribution in [0.1, 0.15) is 34.6 Å². The van der Waals surface area contributed by atoms with Crippen molar-refractivity contribution < 1.29 is 18.0 Å². The first-order valence-corrected chi connectivity index (χ1v) is 9.43. The molecule has 1 aliphatic heterocycles. The maximum atomic E-state index is 14.2. The standard InChI is InChI=1S/C21H17ClF3N3O/c1-11-19-15(20(27(2)26-19)12-8-13(23)10-14(24)9-12)6-7-28(11)21(29)18-16(22)4-3-5-17(18)25/h3-5,8-11H,6-7H2,1-2H3. The second-order valence-electron chi connectivity index (χ2n) is 7.02. The Kier molecular flexibility index (Phi) is 4.86. The van der Waals surface area contributed by atoms with E-state index in [1.54, 1.807) is 18.7 Å². The minimum atomic E-state index is -0.683. The van der Waals surface area contributed by atoms with Crippen LogP contribution in [0.3, 0.4) is 0 Å². The first-order valence-electron chi connectivity index (χ1n) is 9.05. The molecule has 1 aromatic heterocycles. The van der Waals surface area contributed by atoms with Crippen LogP contribution in [0.25, 0.3) is 11.3 Å². The number of aryl methyl sites for hydroxylation is 1. The van der Waals surface area contributed by atoms with E-state index >= 15 is 0 Å². The Balaban J connectivity index is 1.74. The average molecular weight is 420 g/mol. The minimum absolute atomic E-state index is 0.0462. The number of aromatic nitrogens is 2. The van der Waals surface area contributed by atoms with Gasteiger partial charge in [0.05, 0.1) is 28.0 Å². The van der Waals surface area contributed by atoms with Crippen molar-refractivity contribution in [3.05, 3.63) is 75.7 Å². The maximum Gasteiger partial charge on any atom is 0.258 e. The van der Waals surface area contributed by atoms with Gasteiger partial charge in [-0.15, -0.1) is 0 Å². The summed E-state index contributed by atoms with van der Waals surface area (Å²) < 4.78 is 43.2. The van der Waals surface area contributed by atoms with Crippen LogP contribution in [0.5, 0.6) is 0 Å². The molecule has 4 nitrogen and oxygen atoms in total. The smallest absolute Gasteiger partial charge is 0.258 e. The predicted octanol–water partition coefficient (Wildman–Crippen LogP) is 4.92. The lowest BCUT2D eigenvalue weighted by Crippen LogP contribution is -2.39. The number of fused-ring (bicyclic) bond motifs is 1. The molecule has 0 saturated heterocycles. The zero-order chi connectivity index (χ0) is 20.9.